The molecule has 4 heteroatoms. The van der Waals surface area contributed by atoms with Gasteiger partial charge in [-0.15, -0.1) is 11.3 Å². The van der Waals surface area contributed by atoms with Crippen LogP contribution < -0.4 is 5.32 Å². The molecule has 0 bridgehead atoms. The Hall–Kier alpha value is -1.65. The van der Waals surface area contributed by atoms with Gasteiger partial charge < -0.3 is 4.74 Å². The Morgan fingerprint density at radius 2 is 2.05 bits per heavy atom. The van der Waals surface area contributed by atoms with E-state index in [1.54, 1.807) is 11.3 Å². The van der Waals surface area contributed by atoms with E-state index in [1.165, 1.54) is 4.88 Å². The molecule has 1 heterocycles. The summed E-state index contributed by atoms with van der Waals surface area (Å²) in [5.74, 6) is -0.187. The average molecular weight is 289 g/mol. The summed E-state index contributed by atoms with van der Waals surface area (Å²) in [6.07, 6.45) is 0.644. The van der Waals surface area contributed by atoms with E-state index in [0.717, 1.165) is 5.56 Å². The van der Waals surface area contributed by atoms with Crippen LogP contribution in [0.2, 0.25) is 0 Å². The summed E-state index contributed by atoms with van der Waals surface area (Å²) in [6.45, 7) is 2.93. The van der Waals surface area contributed by atoms with Crippen molar-refractivity contribution in [2.75, 3.05) is 6.61 Å². The molecular formula is C16H19NO2S. The van der Waals surface area contributed by atoms with Crippen LogP contribution in [0.25, 0.3) is 0 Å². The highest BCUT2D eigenvalue weighted by molar-refractivity contribution is 7.09. The summed E-state index contributed by atoms with van der Waals surface area (Å²) >= 11 is 1.68. The topological polar surface area (TPSA) is 38.3 Å². The fourth-order valence-corrected chi connectivity index (χ4v) is 2.62. The zero-order chi connectivity index (χ0) is 14.2. The third-order valence-corrected chi connectivity index (χ3v) is 3.83. The van der Waals surface area contributed by atoms with Crippen LogP contribution in [-0.4, -0.2) is 18.6 Å². The van der Waals surface area contributed by atoms with Crippen LogP contribution in [0.5, 0.6) is 0 Å². The maximum atomic E-state index is 12.0. The van der Waals surface area contributed by atoms with Gasteiger partial charge in [0, 0.05) is 11.4 Å². The van der Waals surface area contributed by atoms with Gasteiger partial charge in [-0.3, -0.25) is 10.1 Å². The minimum atomic E-state index is -0.306. The average Bonchev–Trinajstić information content (AvgIpc) is 2.98. The van der Waals surface area contributed by atoms with Crippen molar-refractivity contribution in [1.82, 2.24) is 5.32 Å². The second kappa shape index (κ2) is 7.82. The third-order valence-electron chi connectivity index (χ3n) is 2.96. The van der Waals surface area contributed by atoms with E-state index in [9.17, 15) is 4.79 Å². The van der Waals surface area contributed by atoms with E-state index >= 15 is 0 Å². The molecule has 2 aromatic rings. The molecule has 3 nitrogen and oxygen atoms in total. The molecule has 2 rings (SSSR count). The van der Waals surface area contributed by atoms with Gasteiger partial charge in [0.25, 0.3) is 0 Å². The summed E-state index contributed by atoms with van der Waals surface area (Å²) < 4.78 is 5.15. The van der Waals surface area contributed by atoms with Crippen molar-refractivity contribution < 1.29 is 9.53 Å². The standard InChI is InChI=1S/C16H19NO2S/c1-2-19-16(18)15(11-13-7-4-3-5-8-13)17-12-14-9-6-10-20-14/h3-10,15,17H,2,11-12H2,1H3. The van der Waals surface area contributed by atoms with Gasteiger partial charge >= 0.3 is 5.97 Å². The van der Waals surface area contributed by atoms with E-state index in [2.05, 4.69) is 11.4 Å². The second-order valence-electron chi connectivity index (χ2n) is 4.45. The van der Waals surface area contributed by atoms with Crippen molar-refractivity contribution in [2.45, 2.75) is 25.9 Å². The maximum Gasteiger partial charge on any atom is 0.323 e. The highest BCUT2D eigenvalue weighted by Gasteiger charge is 2.19. The number of hydrogen-bond acceptors (Lipinski definition) is 4. The summed E-state index contributed by atoms with van der Waals surface area (Å²) in [4.78, 5) is 13.2. The zero-order valence-corrected chi connectivity index (χ0v) is 12.4. The molecule has 1 aromatic carbocycles. The monoisotopic (exact) mass is 289 g/mol. The highest BCUT2D eigenvalue weighted by atomic mass is 32.1. The minimum Gasteiger partial charge on any atom is -0.465 e. The predicted molar refractivity (Wildman–Crippen MR) is 81.7 cm³/mol. The van der Waals surface area contributed by atoms with E-state index < -0.39 is 0 Å². The lowest BCUT2D eigenvalue weighted by Gasteiger charge is -2.17. The number of thiophene rings is 1. The smallest absolute Gasteiger partial charge is 0.323 e. The predicted octanol–water partition coefficient (Wildman–Crippen LogP) is 3.01. The van der Waals surface area contributed by atoms with Gasteiger partial charge in [0.15, 0.2) is 0 Å². The molecule has 0 radical (unpaired) electrons. The van der Waals surface area contributed by atoms with Crippen LogP contribution in [0.4, 0.5) is 0 Å². The largest absolute Gasteiger partial charge is 0.465 e. The number of hydrogen-bond donors (Lipinski definition) is 1. The van der Waals surface area contributed by atoms with Gasteiger partial charge in [-0.25, -0.2) is 0 Å². The SMILES string of the molecule is CCOC(=O)C(Cc1ccccc1)NCc1cccs1. The number of nitrogens with one attached hydrogen (secondary N) is 1. The molecule has 0 fully saturated rings. The van der Waals surface area contributed by atoms with E-state index in [-0.39, 0.29) is 12.0 Å². The molecule has 20 heavy (non-hydrogen) atoms. The van der Waals surface area contributed by atoms with Gasteiger partial charge in [-0.2, -0.15) is 0 Å². The van der Waals surface area contributed by atoms with Crippen molar-refractivity contribution in [3.63, 3.8) is 0 Å². The Bertz CT molecular complexity index is 511. The van der Waals surface area contributed by atoms with E-state index in [4.69, 9.17) is 4.74 Å². The molecule has 0 spiro atoms. The number of carbonyl (C=O) groups excluding carboxylic acids is 1. The molecule has 1 unspecified atom stereocenters. The van der Waals surface area contributed by atoms with Gasteiger partial charge in [0.1, 0.15) is 6.04 Å². The molecule has 1 N–H and O–H groups in total. The van der Waals surface area contributed by atoms with Crippen LogP contribution >= 0.6 is 11.3 Å². The van der Waals surface area contributed by atoms with Crippen LogP contribution in [0, 0.1) is 0 Å². The lowest BCUT2D eigenvalue weighted by Crippen LogP contribution is -2.39. The molecule has 0 amide bonds. The lowest BCUT2D eigenvalue weighted by atomic mass is 10.1. The number of esters is 1. The second-order valence-corrected chi connectivity index (χ2v) is 5.49. The minimum absolute atomic E-state index is 0.187. The third kappa shape index (κ3) is 4.47. The van der Waals surface area contributed by atoms with Gasteiger partial charge in [-0.05, 0) is 30.4 Å². The maximum absolute atomic E-state index is 12.0. The van der Waals surface area contributed by atoms with Crippen molar-refractivity contribution in [1.29, 1.82) is 0 Å². The number of carbonyl (C=O) groups is 1. The molecule has 106 valence electrons. The fraction of sp³-hybridized carbons (Fsp3) is 0.312. The number of benzene rings is 1. The normalized spacial score (nSPS) is 12.1. The molecule has 1 atom stereocenters. The first kappa shape index (κ1) is 14.8. The van der Waals surface area contributed by atoms with Gasteiger partial charge in [0.05, 0.1) is 6.61 Å². The molecule has 0 aliphatic rings. The van der Waals surface area contributed by atoms with E-state index in [1.807, 2.05) is 48.7 Å². The Morgan fingerprint density at radius 3 is 2.70 bits per heavy atom. The summed E-state index contributed by atoms with van der Waals surface area (Å²) in [7, 11) is 0. The van der Waals surface area contributed by atoms with Crippen molar-refractivity contribution in [2.24, 2.45) is 0 Å². The molecule has 0 saturated carbocycles. The lowest BCUT2D eigenvalue weighted by molar-refractivity contribution is -0.145. The molecular weight excluding hydrogens is 270 g/mol. The summed E-state index contributed by atoms with van der Waals surface area (Å²) in [5.41, 5.74) is 1.13. The molecule has 0 saturated heterocycles. The Kier molecular flexibility index (Phi) is 5.77. The van der Waals surface area contributed by atoms with Crippen molar-refractivity contribution in [3.8, 4) is 0 Å². The van der Waals surface area contributed by atoms with Gasteiger partial charge in [-0.1, -0.05) is 36.4 Å². The fourth-order valence-electron chi connectivity index (χ4n) is 1.97. The van der Waals surface area contributed by atoms with E-state index in [0.29, 0.717) is 19.6 Å². The first-order valence-corrected chi connectivity index (χ1v) is 7.64. The molecule has 0 aliphatic carbocycles. The quantitative estimate of drug-likeness (QED) is 0.796. The van der Waals surface area contributed by atoms with Crippen molar-refractivity contribution >= 4 is 17.3 Å². The molecule has 1 aromatic heterocycles. The van der Waals surface area contributed by atoms with Crippen molar-refractivity contribution in [3.05, 3.63) is 58.3 Å². The number of ether oxygens (including phenoxy) is 1. The van der Waals surface area contributed by atoms with Gasteiger partial charge in [0.2, 0.25) is 0 Å². The Morgan fingerprint density at radius 1 is 1.25 bits per heavy atom. The molecule has 0 aliphatic heterocycles. The van der Waals surface area contributed by atoms with Crippen LogP contribution in [0.15, 0.2) is 47.8 Å². The summed E-state index contributed by atoms with van der Waals surface area (Å²) in [6, 6.07) is 13.8. The zero-order valence-electron chi connectivity index (χ0n) is 11.5. The van der Waals surface area contributed by atoms with Crippen LogP contribution in [-0.2, 0) is 22.5 Å². The Balaban J connectivity index is 1.98. The Labute approximate surface area is 123 Å². The van der Waals surface area contributed by atoms with Crippen LogP contribution in [0.3, 0.4) is 0 Å². The highest BCUT2D eigenvalue weighted by Crippen LogP contribution is 2.10. The first-order valence-electron chi connectivity index (χ1n) is 6.76. The number of rotatable bonds is 7. The van der Waals surface area contributed by atoms with Crippen LogP contribution in [0.1, 0.15) is 17.4 Å². The first-order chi connectivity index (χ1) is 9.79. The summed E-state index contributed by atoms with van der Waals surface area (Å²) in [5, 5.41) is 5.33.